The first-order chi connectivity index (χ1) is 8.18. The second-order valence-electron chi connectivity index (χ2n) is 3.78. The van der Waals surface area contributed by atoms with Crippen molar-refractivity contribution in [3.05, 3.63) is 41.4 Å². The predicted octanol–water partition coefficient (Wildman–Crippen LogP) is 1.53. The monoisotopic (exact) mass is 228 g/mol. The Balaban J connectivity index is 2.31. The Bertz CT molecular complexity index is 643. The average Bonchev–Trinajstić information content (AvgIpc) is 2.85. The summed E-state index contributed by atoms with van der Waals surface area (Å²) in [4.78, 5) is 27.2. The molecule has 84 valence electrons. The Labute approximate surface area is 96.5 Å². The number of imide groups is 1. The number of nitrogens with one attached hydrogen (secondary N) is 1. The highest BCUT2D eigenvalue weighted by Gasteiger charge is 2.30. The van der Waals surface area contributed by atoms with Crippen LogP contribution in [0.15, 0.2) is 29.0 Å². The van der Waals surface area contributed by atoms with Crippen LogP contribution in [0.4, 0.5) is 0 Å². The summed E-state index contributed by atoms with van der Waals surface area (Å²) in [5.74, 6) is -0.243. The van der Waals surface area contributed by atoms with Crippen molar-refractivity contribution >= 4 is 11.8 Å². The van der Waals surface area contributed by atoms with Gasteiger partial charge < -0.3 is 4.42 Å². The maximum absolute atomic E-state index is 11.7. The molecule has 5 nitrogen and oxygen atoms in total. The van der Waals surface area contributed by atoms with Crippen molar-refractivity contribution in [2.45, 2.75) is 6.92 Å². The van der Waals surface area contributed by atoms with E-state index in [1.165, 1.54) is 6.39 Å². The molecule has 0 radical (unpaired) electrons. The number of benzene rings is 1. The van der Waals surface area contributed by atoms with Gasteiger partial charge in [0.15, 0.2) is 12.2 Å². The summed E-state index contributed by atoms with van der Waals surface area (Å²) in [6.45, 7) is 1.78. The van der Waals surface area contributed by atoms with Crippen molar-refractivity contribution < 1.29 is 14.0 Å². The van der Waals surface area contributed by atoms with Crippen molar-refractivity contribution in [1.82, 2.24) is 10.3 Å². The standard InChI is InChI=1S/C12H8N2O3/c1-6-10(17-5-13-6)7-3-2-4-8-9(7)12(16)14-11(8)15/h2-5H,1H3,(H,14,15,16). The Kier molecular flexibility index (Phi) is 1.89. The van der Waals surface area contributed by atoms with Crippen LogP contribution >= 0.6 is 0 Å². The third-order valence-corrected chi connectivity index (χ3v) is 2.75. The SMILES string of the molecule is Cc1ncoc1-c1cccc2c1C(=O)NC2=O. The molecular weight excluding hydrogens is 220 g/mol. The molecule has 2 aromatic rings. The normalized spacial score (nSPS) is 13.7. The number of hydrogen-bond acceptors (Lipinski definition) is 4. The number of carbonyl (C=O) groups excluding carboxylic acids is 2. The van der Waals surface area contributed by atoms with Gasteiger partial charge >= 0.3 is 0 Å². The second-order valence-corrected chi connectivity index (χ2v) is 3.78. The molecule has 2 heterocycles. The third-order valence-electron chi connectivity index (χ3n) is 2.75. The minimum absolute atomic E-state index is 0.359. The fraction of sp³-hybridized carbons (Fsp3) is 0.0833. The Morgan fingerprint density at radius 3 is 2.65 bits per heavy atom. The number of nitrogens with zero attached hydrogens (tertiary/aromatic N) is 1. The zero-order valence-electron chi connectivity index (χ0n) is 8.98. The molecule has 3 rings (SSSR count). The summed E-state index contributed by atoms with van der Waals surface area (Å²) in [7, 11) is 0. The molecule has 2 amide bonds. The van der Waals surface area contributed by atoms with Gasteiger partial charge in [0.2, 0.25) is 0 Å². The highest BCUT2D eigenvalue weighted by atomic mass is 16.3. The Hall–Kier alpha value is -2.43. The molecule has 0 spiro atoms. The van der Waals surface area contributed by atoms with Crippen molar-refractivity contribution in [1.29, 1.82) is 0 Å². The predicted molar refractivity (Wildman–Crippen MR) is 58.5 cm³/mol. The summed E-state index contributed by atoms with van der Waals surface area (Å²) in [6.07, 6.45) is 1.32. The molecular formula is C12H8N2O3. The van der Waals surface area contributed by atoms with Crippen molar-refractivity contribution in [3.63, 3.8) is 0 Å². The number of carbonyl (C=O) groups is 2. The van der Waals surface area contributed by atoms with Gasteiger partial charge in [0, 0.05) is 5.56 Å². The molecule has 5 heteroatoms. The van der Waals surface area contributed by atoms with Crippen LogP contribution in [-0.2, 0) is 0 Å². The number of fused-ring (bicyclic) bond motifs is 1. The molecule has 1 aromatic carbocycles. The molecule has 1 aliphatic heterocycles. The van der Waals surface area contributed by atoms with Crippen LogP contribution in [0.3, 0.4) is 0 Å². The molecule has 0 aliphatic carbocycles. The summed E-state index contributed by atoms with van der Waals surface area (Å²) in [5.41, 5.74) is 2.02. The largest absolute Gasteiger partial charge is 0.443 e. The summed E-state index contributed by atoms with van der Waals surface area (Å²) < 4.78 is 5.26. The molecule has 0 fully saturated rings. The Morgan fingerprint density at radius 1 is 1.18 bits per heavy atom. The van der Waals surface area contributed by atoms with Gasteiger partial charge in [-0.15, -0.1) is 0 Å². The van der Waals surface area contributed by atoms with Crippen LogP contribution in [0.5, 0.6) is 0 Å². The number of rotatable bonds is 1. The van der Waals surface area contributed by atoms with E-state index in [0.29, 0.717) is 28.1 Å². The zero-order valence-corrected chi connectivity index (χ0v) is 8.98. The average molecular weight is 228 g/mol. The smallest absolute Gasteiger partial charge is 0.259 e. The van der Waals surface area contributed by atoms with E-state index in [4.69, 9.17) is 4.42 Å². The highest BCUT2D eigenvalue weighted by Crippen LogP contribution is 2.30. The van der Waals surface area contributed by atoms with Gasteiger partial charge in [-0.05, 0) is 13.0 Å². The molecule has 1 aliphatic rings. The van der Waals surface area contributed by atoms with Gasteiger partial charge in [0.1, 0.15) is 0 Å². The number of amides is 2. The molecule has 0 unspecified atom stereocenters. The second kappa shape index (κ2) is 3.28. The summed E-state index contributed by atoms with van der Waals surface area (Å²) in [6, 6.07) is 5.07. The van der Waals surface area contributed by atoms with E-state index in [1.54, 1.807) is 25.1 Å². The van der Waals surface area contributed by atoms with E-state index in [-0.39, 0.29) is 5.91 Å². The maximum atomic E-state index is 11.7. The van der Waals surface area contributed by atoms with Crippen LogP contribution < -0.4 is 5.32 Å². The quantitative estimate of drug-likeness (QED) is 0.751. The minimum Gasteiger partial charge on any atom is -0.443 e. The first kappa shape index (κ1) is 9.77. The first-order valence-corrected chi connectivity index (χ1v) is 5.07. The number of oxazole rings is 1. The van der Waals surface area contributed by atoms with Crippen LogP contribution in [0.1, 0.15) is 26.4 Å². The van der Waals surface area contributed by atoms with Gasteiger partial charge in [-0.1, -0.05) is 12.1 Å². The zero-order chi connectivity index (χ0) is 12.0. The molecule has 0 atom stereocenters. The van der Waals surface area contributed by atoms with Gasteiger partial charge in [-0.25, -0.2) is 4.98 Å². The third kappa shape index (κ3) is 1.29. The molecule has 0 saturated heterocycles. The van der Waals surface area contributed by atoms with Gasteiger partial charge in [-0.3, -0.25) is 14.9 Å². The maximum Gasteiger partial charge on any atom is 0.259 e. The number of hydrogen-bond donors (Lipinski definition) is 1. The van der Waals surface area contributed by atoms with E-state index in [1.807, 2.05) is 0 Å². The molecule has 1 aromatic heterocycles. The first-order valence-electron chi connectivity index (χ1n) is 5.07. The van der Waals surface area contributed by atoms with Gasteiger partial charge in [0.25, 0.3) is 11.8 Å². The van der Waals surface area contributed by atoms with Gasteiger partial charge in [0.05, 0.1) is 16.8 Å². The van der Waals surface area contributed by atoms with E-state index in [9.17, 15) is 9.59 Å². The lowest BCUT2D eigenvalue weighted by atomic mass is 10.0. The number of aromatic nitrogens is 1. The van der Waals surface area contributed by atoms with Crippen LogP contribution in [0.25, 0.3) is 11.3 Å². The van der Waals surface area contributed by atoms with Crippen LogP contribution in [0.2, 0.25) is 0 Å². The van der Waals surface area contributed by atoms with Crippen molar-refractivity contribution in [2.24, 2.45) is 0 Å². The van der Waals surface area contributed by atoms with E-state index in [2.05, 4.69) is 10.3 Å². The van der Waals surface area contributed by atoms with Gasteiger partial charge in [-0.2, -0.15) is 0 Å². The summed E-state index contributed by atoms with van der Waals surface area (Å²) in [5, 5.41) is 2.26. The molecule has 1 N–H and O–H groups in total. The lowest BCUT2D eigenvalue weighted by molar-refractivity contribution is 0.0880. The molecule has 0 saturated carbocycles. The topological polar surface area (TPSA) is 72.2 Å². The van der Waals surface area contributed by atoms with Crippen molar-refractivity contribution in [3.8, 4) is 11.3 Å². The van der Waals surface area contributed by atoms with Crippen LogP contribution in [0, 0.1) is 6.92 Å². The van der Waals surface area contributed by atoms with Crippen LogP contribution in [-0.4, -0.2) is 16.8 Å². The van der Waals surface area contributed by atoms with E-state index in [0.717, 1.165) is 0 Å². The fourth-order valence-electron chi connectivity index (χ4n) is 1.97. The van der Waals surface area contributed by atoms with E-state index >= 15 is 0 Å². The Morgan fingerprint density at radius 2 is 1.94 bits per heavy atom. The number of aryl methyl sites for hydroxylation is 1. The molecule has 0 bridgehead atoms. The fourth-order valence-corrected chi connectivity index (χ4v) is 1.97. The lowest BCUT2D eigenvalue weighted by Gasteiger charge is -2.02. The van der Waals surface area contributed by atoms with Crippen molar-refractivity contribution in [2.75, 3.05) is 0 Å². The lowest BCUT2D eigenvalue weighted by Crippen LogP contribution is -2.20. The van der Waals surface area contributed by atoms with E-state index < -0.39 is 5.91 Å². The highest BCUT2D eigenvalue weighted by molar-refractivity contribution is 6.23. The minimum atomic E-state index is -0.392. The summed E-state index contributed by atoms with van der Waals surface area (Å²) >= 11 is 0. The molecule has 17 heavy (non-hydrogen) atoms.